The Labute approximate surface area is 141 Å². The van der Waals surface area contributed by atoms with Crippen LogP contribution in [0, 0.1) is 0 Å². The van der Waals surface area contributed by atoms with E-state index in [4.69, 9.17) is 16.6 Å². The molecule has 0 spiro atoms. The van der Waals surface area contributed by atoms with Crippen LogP contribution in [0.1, 0.15) is 34.5 Å². The first kappa shape index (κ1) is 16.2. The van der Waals surface area contributed by atoms with E-state index >= 15 is 0 Å². The first-order chi connectivity index (χ1) is 11.1. The van der Waals surface area contributed by atoms with Gasteiger partial charge in [0.25, 0.3) is 5.91 Å². The van der Waals surface area contributed by atoms with Crippen molar-refractivity contribution < 1.29 is 4.79 Å². The lowest BCUT2D eigenvalue weighted by Crippen LogP contribution is -2.31. The smallest absolute Gasteiger partial charge is 0.251 e. The zero-order valence-electron chi connectivity index (χ0n) is 13.7. The minimum atomic E-state index is -0.0654. The maximum absolute atomic E-state index is 12.3. The molecule has 0 aliphatic heterocycles. The highest BCUT2D eigenvalue weighted by atomic mass is 35.5. The molecular weight excluding hydrogens is 310 g/mol. The van der Waals surface area contributed by atoms with E-state index in [2.05, 4.69) is 5.32 Å². The maximum atomic E-state index is 12.3. The van der Waals surface area contributed by atoms with Crippen molar-refractivity contribution in [3.05, 3.63) is 40.0 Å². The Kier molecular flexibility index (Phi) is 4.83. The van der Waals surface area contributed by atoms with Crippen molar-refractivity contribution in [3.8, 4) is 0 Å². The van der Waals surface area contributed by atoms with E-state index < -0.39 is 0 Å². The SMILES string of the molecule is CN(C)CCNC(=O)c1ccc2c(Cl)c3c(nc2c1)CCCC3. The Morgan fingerprint density at radius 1 is 1.30 bits per heavy atom. The second-order valence-corrected chi connectivity index (χ2v) is 6.73. The summed E-state index contributed by atoms with van der Waals surface area (Å²) in [6.07, 6.45) is 4.31. The van der Waals surface area contributed by atoms with E-state index in [0.717, 1.165) is 47.4 Å². The van der Waals surface area contributed by atoms with E-state index in [1.165, 1.54) is 12.0 Å². The van der Waals surface area contributed by atoms with Gasteiger partial charge in [0.15, 0.2) is 0 Å². The number of carbonyl (C=O) groups is 1. The van der Waals surface area contributed by atoms with Gasteiger partial charge in [-0.15, -0.1) is 0 Å². The van der Waals surface area contributed by atoms with Crippen molar-refractivity contribution in [3.63, 3.8) is 0 Å². The standard InChI is InChI=1S/C18H22ClN3O/c1-22(2)10-9-20-18(23)12-7-8-14-16(11-12)21-15-6-4-3-5-13(15)17(14)19/h7-8,11H,3-6,9-10H2,1-2H3,(H,20,23). The van der Waals surface area contributed by atoms with Crippen molar-refractivity contribution in [1.82, 2.24) is 15.2 Å². The number of halogens is 1. The summed E-state index contributed by atoms with van der Waals surface area (Å²) in [5, 5.41) is 4.68. The minimum Gasteiger partial charge on any atom is -0.351 e. The van der Waals surface area contributed by atoms with Crippen LogP contribution in [0.2, 0.25) is 5.02 Å². The number of hydrogen-bond donors (Lipinski definition) is 1. The molecule has 4 nitrogen and oxygen atoms in total. The normalized spacial score (nSPS) is 14.1. The van der Waals surface area contributed by atoms with Crippen LogP contribution < -0.4 is 5.32 Å². The van der Waals surface area contributed by atoms with Gasteiger partial charge in [0.05, 0.1) is 10.5 Å². The van der Waals surface area contributed by atoms with Gasteiger partial charge in [0, 0.05) is 29.7 Å². The van der Waals surface area contributed by atoms with Gasteiger partial charge in [0.1, 0.15) is 0 Å². The molecule has 1 aromatic carbocycles. The highest BCUT2D eigenvalue weighted by Gasteiger charge is 2.17. The van der Waals surface area contributed by atoms with Crippen molar-refractivity contribution in [2.24, 2.45) is 0 Å². The first-order valence-electron chi connectivity index (χ1n) is 8.10. The third-order valence-electron chi connectivity index (χ3n) is 4.30. The largest absolute Gasteiger partial charge is 0.351 e. The lowest BCUT2D eigenvalue weighted by molar-refractivity contribution is 0.0951. The van der Waals surface area contributed by atoms with Crippen LogP contribution in [0.5, 0.6) is 0 Å². The van der Waals surface area contributed by atoms with E-state index in [9.17, 15) is 4.79 Å². The predicted octanol–water partition coefficient (Wildman–Crippen LogP) is 3.06. The molecule has 1 aliphatic carbocycles. The first-order valence-corrected chi connectivity index (χ1v) is 8.48. The number of nitrogens with one attached hydrogen (secondary N) is 1. The number of aromatic nitrogens is 1. The number of fused-ring (bicyclic) bond motifs is 2. The highest BCUT2D eigenvalue weighted by Crippen LogP contribution is 2.33. The summed E-state index contributed by atoms with van der Waals surface area (Å²) < 4.78 is 0. The predicted molar refractivity (Wildman–Crippen MR) is 94.3 cm³/mol. The summed E-state index contributed by atoms with van der Waals surface area (Å²) in [7, 11) is 3.97. The Morgan fingerprint density at radius 3 is 2.87 bits per heavy atom. The minimum absolute atomic E-state index is 0.0654. The third-order valence-corrected chi connectivity index (χ3v) is 4.73. The van der Waals surface area contributed by atoms with Gasteiger partial charge >= 0.3 is 0 Å². The Balaban J connectivity index is 1.88. The number of rotatable bonds is 4. The van der Waals surface area contributed by atoms with Crippen molar-refractivity contribution in [2.45, 2.75) is 25.7 Å². The van der Waals surface area contributed by atoms with E-state index in [1.807, 2.05) is 37.2 Å². The average Bonchev–Trinajstić information content (AvgIpc) is 2.54. The Morgan fingerprint density at radius 2 is 2.09 bits per heavy atom. The fraction of sp³-hybridized carbons (Fsp3) is 0.444. The number of carbonyl (C=O) groups excluding carboxylic acids is 1. The number of pyridine rings is 1. The number of likely N-dealkylation sites (N-methyl/N-ethyl adjacent to an activating group) is 1. The molecule has 0 atom stereocenters. The molecule has 1 amide bonds. The molecule has 1 aromatic heterocycles. The molecule has 1 heterocycles. The summed E-state index contributed by atoms with van der Waals surface area (Å²) in [5.74, 6) is -0.0654. The molecule has 23 heavy (non-hydrogen) atoms. The molecule has 0 bridgehead atoms. The molecule has 0 saturated heterocycles. The second kappa shape index (κ2) is 6.85. The molecule has 0 saturated carbocycles. The summed E-state index contributed by atoms with van der Waals surface area (Å²) in [6.45, 7) is 1.44. The van der Waals surface area contributed by atoms with Crippen molar-refractivity contribution in [2.75, 3.05) is 27.2 Å². The van der Waals surface area contributed by atoms with Gasteiger partial charge in [-0.3, -0.25) is 9.78 Å². The van der Waals surface area contributed by atoms with Gasteiger partial charge in [0.2, 0.25) is 0 Å². The van der Waals surface area contributed by atoms with E-state index in [1.54, 1.807) is 0 Å². The molecular formula is C18H22ClN3O. The molecule has 2 aromatic rings. The van der Waals surface area contributed by atoms with Crippen LogP contribution in [0.25, 0.3) is 10.9 Å². The Hall–Kier alpha value is -1.65. The highest BCUT2D eigenvalue weighted by molar-refractivity contribution is 6.36. The summed E-state index contributed by atoms with van der Waals surface area (Å²) >= 11 is 6.56. The van der Waals surface area contributed by atoms with Gasteiger partial charge < -0.3 is 10.2 Å². The van der Waals surface area contributed by atoms with Gasteiger partial charge in [-0.1, -0.05) is 17.7 Å². The van der Waals surface area contributed by atoms with E-state index in [-0.39, 0.29) is 5.91 Å². The van der Waals surface area contributed by atoms with Gasteiger partial charge in [-0.05, 0) is 57.5 Å². The fourth-order valence-electron chi connectivity index (χ4n) is 3.00. The van der Waals surface area contributed by atoms with Crippen LogP contribution in [-0.2, 0) is 12.8 Å². The average molecular weight is 332 g/mol. The number of aryl methyl sites for hydroxylation is 1. The van der Waals surface area contributed by atoms with E-state index in [0.29, 0.717) is 12.1 Å². The summed E-state index contributed by atoms with van der Waals surface area (Å²) in [6, 6.07) is 5.59. The lowest BCUT2D eigenvalue weighted by Gasteiger charge is -2.18. The molecule has 0 fully saturated rings. The van der Waals surface area contributed by atoms with Gasteiger partial charge in [-0.2, -0.15) is 0 Å². The summed E-state index contributed by atoms with van der Waals surface area (Å²) in [5.41, 5.74) is 3.74. The quantitative estimate of drug-likeness (QED) is 0.936. The monoisotopic (exact) mass is 331 g/mol. The fourth-order valence-corrected chi connectivity index (χ4v) is 3.37. The topological polar surface area (TPSA) is 45.2 Å². The molecule has 3 rings (SSSR count). The van der Waals surface area contributed by atoms with Crippen LogP contribution in [-0.4, -0.2) is 43.0 Å². The summed E-state index contributed by atoms with van der Waals surface area (Å²) in [4.78, 5) is 19.0. The number of amides is 1. The van der Waals surface area contributed by atoms with Crippen LogP contribution in [0.15, 0.2) is 18.2 Å². The molecule has 122 valence electrons. The Bertz CT molecular complexity index is 743. The van der Waals surface area contributed by atoms with Crippen LogP contribution in [0.3, 0.4) is 0 Å². The lowest BCUT2D eigenvalue weighted by atomic mass is 9.94. The number of benzene rings is 1. The molecule has 0 radical (unpaired) electrons. The van der Waals surface area contributed by atoms with Crippen molar-refractivity contribution >= 4 is 28.4 Å². The molecule has 1 N–H and O–H groups in total. The van der Waals surface area contributed by atoms with Crippen molar-refractivity contribution in [1.29, 1.82) is 0 Å². The zero-order valence-corrected chi connectivity index (χ0v) is 14.4. The third kappa shape index (κ3) is 3.48. The van der Waals surface area contributed by atoms with Gasteiger partial charge in [-0.25, -0.2) is 0 Å². The van der Waals surface area contributed by atoms with Crippen LogP contribution in [0.4, 0.5) is 0 Å². The zero-order chi connectivity index (χ0) is 16.4. The molecule has 5 heteroatoms. The number of hydrogen-bond acceptors (Lipinski definition) is 3. The van der Waals surface area contributed by atoms with Crippen LogP contribution >= 0.6 is 11.6 Å². The maximum Gasteiger partial charge on any atom is 0.251 e. The molecule has 1 aliphatic rings. The second-order valence-electron chi connectivity index (χ2n) is 6.35. The molecule has 0 unspecified atom stereocenters. The number of nitrogens with zero attached hydrogens (tertiary/aromatic N) is 2.